The fraction of sp³-hybridized carbons (Fsp3) is 0.692. The zero-order valence-corrected chi connectivity index (χ0v) is 10.6. The van der Waals surface area contributed by atoms with E-state index in [0.29, 0.717) is 0 Å². The molecule has 2 aliphatic carbocycles. The Labute approximate surface area is 102 Å². The van der Waals surface area contributed by atoms with Gasteiger partial charge in [-0.15, -0.1) is 0 Å². The molecule has 17 heavy (non-hydrogen) atoms. The van der Waals surface area contributed by atoms with Gasteiger partial charge in [0.25, 0.3) is 0 Å². The minimum Gasteiger partial charge on any atom is -0.481 e. The number of aliphatic carboxylic acids is 2. The Morgan fingerprint density at radius 2 is 1.71 bits per heavy atom. The first-order valence-electron chi connectivity index (χ1n) is 6.11. The third-order valence-electron chi connectivity index (χ3n) is 2.77. The van der Waals surface area contributed by atoms with E-state index in [2.05, 4.69) is 6.08 Å². The summed E-state index contributed by atoms with van der Waals surface area (Å²) in [6, 6.07) is 0. The molecule has 0 aromatic rings. The maximum Gasteiger partial charge on any atom is 0.303 e. The number of hydrogen-bond acceptors (Lipinski definition) is 2. The van der Waals surface area contributed by atoms with Crippen LogP contribution in [0.25, 0.3) is 0 Å². The van der Waals surface area contributed by atoms with Crippen molar-refractivity contribution in [3.8, 4) is 0 Å². The van der Waals surface area contributed by atoms with Crippen LogP contribution in [0.1, 0.15) is 52.4 Å². The van der Waals surface area contributed by atoms with Crippen LogP contribution in [0, 0.1) is 5.92 Å². The maximum atomic E-state index is 9.37. The Morgan fingerprint density at radius 1 is 1.24 bits per heavy atom. The topological polar surface area (TPSA) is 74.6 Å². The highest BCUT2D eigenvalue weighted by molar-refractivity contribution is 5.66. The van der Waals surface area contributed by atoms with Crippen molar-refractivity contribution in [1.82, 2.24) is 0 Å². The van der Waals surface area contributed by atoms with Gasteiger partial charge in [-0.25, -0.2) is 0 Å². The lowest BCUT2D eigenvalue weighted by molar-refractivity contribution is -0.137. The molecule has 1 saturated carbocycles. The largest absolute Gasteiger partial charge is 0.481 e. The molecule has 0 aliphatic heterocycles. The standard InChI is InChI=1S/C7H10.2C3H6O2/c1-2-7-4-3-6(1)5-7;2*1-2-3(4)5/h1,7H,2-5H2;2*2H2,1H3,(H,4,5). The first-order chi connectivity index (χ1) is 7.99. The summed E-state index contributed by atoms with van der Waals surface area (Å²) >= 11 is 0. The lowest BCUT2D eigenvalue weighted by Crippen LogP contribution is -1.86. The fourth-order valence-electron chi connectivity index (χ4n) is 1.68. The van der Waals surface area contributed by atoms with Crippen molar-refractivity contribution in [2.45, 2.75) is 52.4 Å². The predicted octanol–water partition coefficient (Wildman–Crippen LogP) is 3.08. The molecule has 0 saturated heterocycles. The molecular weight excluding hydrogens is 220 g/mol. The average molecular weight is 242 g/mol. The number of allylic oxidation sites excluding steroid dienone is 2. The van der Waals surface area contributed by atoms with Crippen LogP contribution in [-0.4, -0.2) is 22.2 Å². The molecule has 4 heteroatoms. The molecule has 2 N–H and O–H groups in total. The molecule has 0 amide bonds. The lowest BCUT2D eigenvalue weighted by atomic mass is 10.1. The number of carbonyl (C=O) groups is 2. The summed E-state index contributed by atoms with van der Waals surface area (Å²) in [6.07, 6.45) is 8.62. The van der Waals surface area contributed by atoms with E-state index in [-0.39, 0.29) is 12.8 Å². The molecule has 0 spiro atoms. The predicted molar refractivity (Wildman–Crippen MR) is 65.9 cm³/mol. The molecule has 0 aromatic heterocycles. The van der Waals surface area contributed by atoms with Crippen LogP contribution in [-0.2, 0) is 9.59 Å². The summed E-state index contributed by atoms with van der Waals surface area (Å²) in [7, 11) is 0. The third kappa shape index (κ3) is 8.48. The van der Waals surface area contributed by atoms with Crippen molar-refractivity contribution in [3.63, 3.8) is 0 Å². The zero-order chi connectivity index (χ0) is 13.3. The van der Waals surface area contributed by atoms with Gasteiger partial charge in [-0.2, -0.15) is 0 Å². The molecular formula is C13H22O4. The monoisotopic (exact) mass is 242 g/mol. The van der Waals surface area contributed by atoms with Gasteiger partial charge < -0.3 is 10.2 Å². The van der Waals surface area contributed by atoms with Gasteiger partial charge in [0, 0.05) is 12.8 Å². The molecule has 2 rings (SSSR count). The quantitative estimate of drug-likeness (QED) is 0.730. The molecule has 0 aromatic carbocycles. The van der Waals surface area contributed by atoms with Crippen LogP contribution < -0.4 is 0 Å². The summed E-state index contributed by atoms with van der Waals surface area (Å²) in [6.45, 7) is 3.20. The highest BCUT2D eigenvalue weighted by Gasteiger charge is 2.22. The van der Waals surface area contributed by atoms with Crippen LogP contribution >= 0.6 is 0 Å². The second kappa shape index (κ2) is 8.79. The Hall–Kier alpha value is -1.32. The summed E-state index contributed by atoms with van der Waals surface area (Å²) < 4.78 is 0. The van der Waals surface area contributed by atoms with E-state index in [1.54, 1.807) is 19.4 Å². The smallest absolute Gasteiger partial charge is 0.303 e. The molecule has 2 bridgehead atoms. The van der Waals surface area contributed by atoms with Gasteiger partial charge in [0.15, 0.2) is 0 Å². The van der Waals surface area contributed by atoms with Crippen molar-refractivity contribution in [1.29, 1.82) is 0 Å². The summed E-state index contributed by atoms with van der Waals surface area (Å²) in [5, 5.41) is 15.4. The number of rotatable bonds is 2. The first kappa shape index (κ1) is 15.7. The van der Waals surface area contributed by atoms with Crippen LogP contribution in [0.4, 0.5) is 0 Å². The van der Waals surface area contributed by atoms with E-state index >= 15 is 0 Å². The zero-order valence-electron chi connectivity index (χ0n) is 10.6. The second-order valence-corrected chi connectivity index (χ2v) is 4.20. The Morgan fingerprint density at radius 3 is 1.76 bits per heavy atom. The van der Waals surface area contributed by atoms with Crippen LogP contribution in [0.2, 0.25) is 0 Å². The first-order valence-corrected chi connectivity index (χ1v) is 6.11. The average Bonchev–Trinajstić information content (AvgIpc) is 2.94. The van der Waals surface area contributed by atoms with E-state index in [1.807, 2.05) is 0 Å². The maximum absolute atomic E-state index is 9.37. The van der Waals surface area contributed by atoms with E-state index < -0.39 is 11.9 Å². The molecule has 0 heterocycles. The molecule has 4 nitrogen and oxygen atoms in total. The Bertz CT molecular complexity index is 267. The van der Waals surface area contributed by atoms with Crippen molar-refractivity contribution >= 4 is 11.9 Å². The SMILES string of the molecule is C1=C2CCC(C1)C2.CCC(=O)O.CCC(=O)O. The van der Waals surface area contributed by atoms with Gasteiger partial charge >= 0.3 is 11.9 Å². The van der Waals surface area contributed by atoms with E-state index in [4.69, 9.17) is 10.2 Å². The Kier molecular flexibility index (Phi) is 8.11. The molecule has 1 atom stereocenters. The number of carboxylic acid groups (broad SMARTS) is 2. The van der Waals surface area contributed by atoms with E-state index in [0.717, 1.165) is 5.92 Å². The fourth-order valence-corrected chi connectivity index (χ4v) is 1.68. The van der Waals surface area contributed by atoms with Crippen molar-refractivity contribution < 1.29 is 19.8 Å². The molecule has 1 fully saturated rings. The Balaban J connectivity index is 0.000000235. The van der Waals surface area contributed by atoms with E-state index in [9.17, 15) is 9.59 Å². The summed E-state index contributed by atoms with van der Waals surface area (Å²) in [4.78, 5) is 18.7. The normalized spacial score (nSPS) is 19.4. The molecule has 2 aliphatic rings. The van der Waals surface area contributed by atoms with E-state index in [1.165, 1.54) is 25.7 Å². The highest BCUT2D eigenvalue weighted by Crippen LogP contribution is 2.38. The van der Waals surface area contributed by atoms with Crippen molar-refractivity contribution in [3.05, 3.63) is 11.6 Å². The van der Waals surface area contributed by atoms with Gasteiger partial charge in [-0.05, 0) is 31.6 Å². The number of fused-ring (bicyclic) bond motifs is 2. The van der Waals surface area contributed by atoms with Crippen LogP contribution in [0.5, 0.6) is 0 Å². The van der Waals surface area contributed by atoms with Crippen molar-refractivity contribution in [2.75, 3.05) is 0 Å². The number of carboxylic acids is 2. The van der Waals surface area contributed by atoms with Gasteiger partial charge in [0.2, 0.25) is 0 Å². The third-order valence-corrected chi connectivity index (χ3v) is 2.77. The molecule has 1 unspecified atom stereocenters. The van der Waals surface area contributed by atoms with Crippen LogP contribution in [0.15, 0.2) is 11.6 Å². The van der Waals surface area contributed by atoms with Crippen molar-refractivity contribution in [2.24, 2.45) is 5.92 Å². The van der Waals surface area contributed by atoms with Gasteiger partial charge in [-0.3, -0.25) is 9.59 Å². The summed E-state index contributed by atoms with van der Waals surface area (Å²) in [5.74, 6) is -0.412. The summed E-state index contributed by atoms with van der Waals surface area (Å²) in [5.41, 5.74) is 1.74. The second-order valence-electron chi connectivity index (χ2n) is 4.20. The lowest BCUT2D eigenvalue weighted by Gasteiger charge is -1.98. The minimum absolute atomic E-state index is 0.222. The van der Waals surface area contributed by atoms with Gasteiger partial charge in [-0.1, -0.05) is 25.5 Å². The highest BCUT2D eigenvalue weighted by atomic mass is 16.4. The van der Waals surface area contributed by atoms with Gasteiger partial charge in [0.05, 0.1) is 0 Å². The van der Waals surface area contributed by atoms with Crippen LogP contribution in [0.3, 0.4) is 0 Å². The molecule has 98 valence electrons. The molecule has 0 radical (unpaired) electrons. The number of hydrogen-bond donors (Lipinski definition) is 2. The minimum atomic E-state index is -0.745. The van der Waals surface area contributed by atoms with Gasteiger partial charge in [0.1, 0.15) is 0 Å².